The maximum absolute atomic E-state index is 5.69. The Morgan fingerprint density at radius 3 is 2.35 bits per heavy atom. The van der Waals surface area contributed by atoms with Crippen molar-refractivity contribution < 1.29 is 4.74 Å². The van der Waals surface area contributed by atoms with Gasteiger partial charge in [-0.2, -0.15) is 0 Å². The highest BCUT2D eigenvalue weighted by atomic mass is 16.5. The normalized spacial score (nSPS) is 14.5. The molecule has 0 N–H and O–H groups in total. The average Bonchev–Trinajstić information content (AvgIpc) is 2.27. The number of hydrogen-bond acceptors (Lipinski definition) is 1. The van der Waals surface area contributed by atoms with E-state index >= 15 is 0 Å². The minimum atomic E-state index is 0.820. The molecule has 0 heterocycles. The van der Waals surface area contributed by atoms with E-state index in [1.165, 1.54) is 37.7 Å². The maximum atomic E-state index is 5.69. The van der Waals surface area contributed by atoms with Crippen molar-refractivity contribution in [3.63, 3.8) is 0 Å². The van der Waals surface area contributed by atoms with Crippen LogP contribution in [0.15, 0.2) is 24.3 Å². The molecule has 0 radical (unpaired) electrons. The van der Waals surface area contributed by atoms with E-state index in [1.54, 1.807) is 0 Å². The fourth-order valence-corrected chi connectivity index (χ4v) is 1.58. The van der Waals surface area contributed by atoms with Crippen LogP contribution in [0.25, 0.3) is 0 Å². The minimum Gasteiger partial charge on any atom is -0.493 e. The van der Waals surface area contributed by atoms with Gasteiger partial charge in [0.05, 0.1) is 6.61 Å². The van der Waals surface area contributed by atoms with Crippen molar-refractivity contribution in [3.05, 3.63) is 29.8 Å². The predicted molar refractivity (Wildman–Crippen MR) is 74.6 cm³/mol. The molecule has 0 aliphatic heterocycles. The molecule has 0 unspecified atom stereocenters. The van der Waals surface area contributed by atoms with Crippen molar-refractivity contribution in [1.29, 1.82) is 0 Å². The summed E-state index contributed by atoms with van der Waals surface area (Å²) in [6.07, 6.45) is 6.74. The highest BCUT2D eigenvalue weighted by Gasteiger charge is 2.17. The predicted octanol–water partition coefficient (Wildman–Crippen LogP) is 4.98. The molecule has 1 aromatic carbocycles. The summed E-state index contributed by atoms with van der Waals surface area (Å²) in [6.45, 7) is 7.36. The molecule has 2 rings (SSSR count). The first-order valence-electron chi connectivity index (χ1n) is 6.95. The maximum Gasteiger partial charge on any atom is 0.119 e. The molecule has 1 nitrogen and oxygen atoms in total. The van der Waals surface area contributed by atoms with Crippen molar-refractivity contribution in [1.82, 2.24) is 0 Å². The van der Waals surface area contributed by atoms with Gasteiger partial charge in [-0.15, -0.1) is 0 Å². The number of ether oxygens (including phenoxy) is 1. The first-order valence-corrected chi connectivity index (χ1v) is 6.95. The highest BCUT2D eigenvalue weighted by molar-refractivity contribution is 5.27. The van der Waals surface area contributed by atoms with Crippen molar-refractivity contribution in [2.45, 2.75) is 52.9 Å². The molecule has 1 aromatic rings. The Morgan fingerprint density at radius 2 is 1.88 bits per heavy atom. The molecule has 0 bridgehead atoms. The summed E-state index contributed by atoms with van der Waals surface area (Å²) in [7, 11) is 0. The molecule has 0 aromatic heterocycles. The Balaban J connectivity index is 0.000000317. The molecule has 0 atom stereocenters. The van der Waals surface area contributed by atoms with Crippen LogP contribution in [0.1, 0.15) is 51.5 Å². The number of benzene rings is 1. The Morgan fingerprint density at radius 1 is 1.18 bits per heavy atom. The monoisotopic (exact) mass is 234 g/mol. The van der Waals surface area contributed by atoms with Crippen LogP contribution in [0, 0.1) is 12.8 Å². The van der Waals surface area contributed by atoms with Crippen LogP contribution in [0.2, 0.25) is 0 Å². The third-order valence-corrected chi connectivity index (χ3v) is 3.20. The van der Waals surface area contributed by atoms with Gasteiger partial charge in [0, 0.05) is 0 Å². The largest absolute Gasteiger partial charge is 0.493 e. The molecule has 1 heteroatoms. The minimum absolute atomic E-state index is 0.820. The average molecular weight is 234 g/mol. The smallest absolute Gasteiger partial charge is 0.119 e. The lowest BCUT2D eigenvalue weighted by molar-refractivity contribution is 0.180. The van der Waals surface area contributed by atoms with Crippen molar-refractivity contribution >= 4 is 0 Å². The molecule has 1 saturated carbocycles. The van der Waals surface area contributed by atoms with Gasteiger partial charge in [-0.05, 0) is 43.4 Å². The third-order valence-electron chi connectivity index (χ3n) is 3.20. The van der Waals surface area contributed by atoms with E-state index in [9.17, 15) is 0 Å². The standard InChI is InChI=1S/C12H16O.C4H10/c1-10-4-2-7-12(8-10)13-9-11-5-3-6-11;1-3-4-2/h2,4,7-8,11H,3,5-6,9H2,1H3;3-4H2,1-2H3. The highest BCUT2D eigenvalue weighted by Crippen LogP contribution is 2.27. The van der Waals surface area contributed by atoms with Crippen molar-refractivity contribution in [3.8, 4) is 5.75 Å². The number of hydrogen-bond donors (Lipinski definition) is 0. The fraction of sp³-hybridized carbons (Fsp3) is 0.625. The number of rotatable bonds is 4. The summed E-state index contributed by atoms with van der Waals surface area (Å²) in [4.78, 5) is 0. The van der Waals surface area contributed by atoms with Gasteiger partial charge < -0.3 is 4.74 Å². The summed E-state index contributed by atoms with van der Waals surface area (Å²) in [6, 6.07) is 8.27. The van der Waals surface area contributed by atoms with Gasteiger partial charge in [-0.25, -0.2) is 0 Å². The summed E-state index contributed by atoms with van der Waals surface area (Å²) < 4.78 is 5.69. The van der Waals surface area contributed by atoms with Gasteiger partial charge in [0.2, 0.25) is 0 Å². The van der Waals surface area contributed by atoms with Crippen LogP contribution in [-0.2, 0) is 0 Å². The molecule has 1 fully saturated rings. The van der Waals surface area contributed by atoms with Crippen LogP contribution in [0.4, 0.5) is 0 Å². The lowest BCUT2D eigenvalue weighted by atomic mass is 9.86. The Kier molecular flexibility index (Phi) is 6.76. The first kappa shape index (κ1) is 14.1. The van der Waals surface area contributed by atoms with Crippen LogP contribution in [-0.4, -0.2) is 6.61 Å². The topological polar surface area (TPSA) is 9.23 Å². The van der Waals surface area contributed by atoms with Gasteiger partial charge in [0.15, 0.2) is 0 Å². The fourth-order valence-electron chi connectivity index (χ4n) is 1.58. The molecule has 1 aliphatic rings. The Hall–Kier alpha value is -0.980. The lowest BCUT2D eigenvalue weighted by Gasteiger charge is -2.25. The molecular formula is C16H26O. The van der Waals surface area contributed by atoms with Crippen LogP contribution < -0.4 is 4.74 Å². The molecule has 1 aliphatic carbocycles. The molecular weight excluding hydrogens is 208 g/mol. The quantitative estimate of drug-likeness (QED) is 0.714. The second-order valence-corrected chi connectivity index (χ2v) is 4.92. The van der Waals surface area contributed by atoms with Crippen LogP contribution in [0.3, 0.4) is 0 Å². The van der Waals surface area contributed by atoms with E-state index in [2.05, 4.69) is 32.9 Å². The Labute approximate surface area is 106 Å². The number of unbranched alkanes of at least 4 members (excludes halogenated alkanes) is 1. The SMILES string of the molecule is CCCC.Cc1cccc(OCC2CCC2)c1. The van der Waals surface area contributed by atoms with Gasteiger partial charge in [-0.3, -0.25) is 0 Å². The van der Waals surface area contributed by atoms with Gasteiger partial charge >= 0.3 is 0 Å². The van der Waals surface area contributed by atoms with E-state index in [-0.39, 0.29) is 0 Å². The van der Waals surface area contributed by atoms with E-state index in [0.29, 0.717) is 0 Å². The number of aryl methyl sites for hydroxylation is 1. The van der Waals surface area contributed by atoms with Crippen LogP contribution in [0.5, 0.6) is 5.75 Å². The van der Waals surface area contributed by atoms with E-state index in [4.69, 9.17) is 4.74 Å². The zero-order valence-corrected chi connectivity index (χ0v) is 11.5. The molecule has 96 valence electrons. The lowest BCUT2D eigenvalue weighted by Crippen LogP contribution is -2.19. The summed E-state index contributed by atoms with van der Waals surface area (Å²) in [5.41, 5.74) is 1.27. The first-order chi connectivity index (χ1) is 8.26. The molecule has 0 saturated heterocycles. The second-order valence-electron chi connectivity index (χ2n) is 4.92. The van der Waals surface area contributed by atoms with Gasteiger partial charge in [0.25, 0.3) is 0 Å². The zero-order valence-electron chi connectivity index (χ0n) is 11.5. The summed E-state index contributed by atoms with van der Waals surface area (Å²) >= 11 is 0. The summed E-state index contributed by atoms with van der Waals surface area (Å²) in [5.74, 6) is 1.84. The van der Waals surface area contributed by atoms with E-state index in [0.717, 1.165) is 18.3 Å². The summed E-state index contributed by atoms with van der Waals surface area (Å²) in [5, 5.41) is 0. The third kappa shape index (κ3) is 5.76. The Bertz CT molecular complexity index is 300. The zero-order chi connectivity index (χ0) is 12.5. The molecule has 0 amide bonds. The molecule has 17 heavy (non-hydrogen) atoms. The second kappa shape index (κ2) is 8.16. The van der Waals surface area contributed by atoms with Crippen molar-refractivity contribution in [2.75, 3.05) is 6.61 Å². The van der Waals surface area contributed by atoms with Crippen molar-refractivity contribution in [2.24, 2.45) is 5.92 Å². The molecule has 0 spiro atoms. The van der Waals surface area contributed by atoms with E-state index < -0.39 is 0 Å². The van der Waals surface area contributed by atoms with Gasteiger partial charge in [-0.1, -0.05) is 45.2 Å². The van der Waals surface area contributed by atoms with E-state index in [1.807, 2.05) is 12.1 Å². The van der Waals surface area contributed by atoms with Crippen LogP contribution >= 0.6 is 0 Å². The van der Waals surface area contributed by atoms with Gasteiger partial charge in [0.1, 0.15) is 5.75 Å².